The van der Waals surface area contributed by atoms with E-state index >= 15 is 0 Å². The van der Waals surface area contributed by atoms with Crippen molar-refractivity contribution in [3.63, 3.8) is 0 Å². The van der Waals surface area contributed by atoms with Gasteiger partial charge in [0.25, 0.3) is 0 Å². The zero-order valence-corrected chi connectivity index (χ0v) is 25.4. The van der Waals surface area contributed by atoms with E-state index in [1.54, 1.807) is 0 Å². The van der Waals surface area contributed by atoms with Crippen LogP contribution in [0.1, 0.15) is 0 Å². The monoisotopic (exact) mass is 604 g/mol. The molecule has 4 nitrogen and oxygen atoms in total. The fraction of sp³-hybridized carbons (Fsp3) is 0. The Bertz CT molecular complexity index is 2500. The number of hydrogen-bond donors (Lipinski definition) is 0. The molecule has 0 aliphatic carbocycles. The molecule has 9 aromatic rings. The van der Waals surface area contributed by atoms with Crippen LogP contribution >= 0.6 is 0 Å². The molecule has 0 spiro atoms. The van der Waals surface area contributed by atoms with Crippen LogP contribution in [0.3, 0.4) is 0 Å². The fourth-order valence-electron chi connectivity index (χ4n) is 6.52. The molecule has 2 heterocycles. The average molecular weight is 605 g/mol. The Balaban J connectivity index is 1.30. The van der Waals surface area contributed by atoms with Crippen LogP contribution in [0, 0.1) is 0 Å². The molecule has 0 saturated carbocycles. The Hall–Kier alpha value is -6.39. The highest BCUT2D eigenvalue weighted by atomic mass is 16.4. The third-order valence-corrected chi connectivity index (χ3v) is 8.70. The van der Waals surface area contributed by atoms with Gasteiger partial charge in [-0.05, 0) is 71.3 Å². The van der Waals surface area contributed by atoms with Gasteiger partial charge in [0.05, 0.1) is 16.8 Å². The summed E-state index contributed by atoms with van der Waals surface area (Å²) in [4.78, 5) is 7.28. The van der Waals surface area contributed by atoms with Gasteiger partial charge in [-0.2, -0.15) is 0 Å². The fourth-order valence-corrected chi connectivity index (χ4v) is 6.52. The molecule has 7 aromatic carbocycles. The molecule has 2 aromatic heterocycles. The van der Waals surface area contributed by atoms with E-state index in [0.717, 1.165) is 72.4 Å². The van der Waals surface area contributed by atoms with Crippen LogP contribution in [0.5, 0.6) is 0 Å². The van der Waals surface area contributed by atoms with Gasteiger partial charge in [-0.3, -0.25) is 0 Å². The number of fused-ring (bicyclic) bond motifs is 5. The highest BCUT2D eigenvalue weighted by Gasteiger charge is 2.24. The quantitative estimate of drug-likeness (QED) is 0.189. The molecule has 0 unspecified atom stereocenters. The average Bonchev–Trinajstić information content (AvgIpc) is 3.76. The maximum absolute atomic E-state index is 6.75. The summed E-state index contributed by atoms with van der Waals surface area (Å²) in [6.45, 7) is 0. The summed E-state index contributed by atoms with van der Waals surface area (Å²) in [6, 6.07) is 58.6. The van der Waals surface area contributed by atoms with Crippen molar-refractivity contribution in [3.05, 3.63) is 170 Å². The first kappa shape index (κ1) is 27.0. The highest BCUT2D eigenvalue weighted by molar-refractivity contribution is 6.19. The summed E-state index contributed by atoms with van der Waals surface area (Å²) >= 11 is 0. The van der Waals surface area contributed by atoms with Gasteiger partial charge in [-0.15, -0.1) is 0 Å². The zero-order valence-electron chi connectivity index (χ0n) is 25.4. The number of rotatable bonds is 6. The Morgan fingerprint density at radius 2 is 1.09 bits per heavy atom. The summed E-state index contributed by atoms with van der Waals surface area (Å²) in [6.07, 6.45) is 0. The van der Waals surface area contributed by atoms with Crippen LogP contribution in [-0.2, 0) is 0 Å². The Morgan fingerprint density at radius 1 is 0.447 bits per heavy atom. The van der Waals surface area contributed by atoms with Gasteiger partial charge in [-0.1, -0.05) is 115 Å². The lowest BCUT2D eigenvalue weighted by Crippen LogP contribution is -2.11. The predicted molar refractivity (Wildman–Crippen MR) is 192 cm³/mol. The van der Waals surface area contributed by atoms with E-state index in [1.807, 2.05) is 48.5 Å². The van der Waals surface area contributed by atoms with Crippen molar-refractivity contribution >= 4 is 50.1 Å². The highest BCUT2D eigenvalue weighted by Crippen LogP contribution is 2.47. The van der Waals surface area contributed by atoms with Gasteiger partial charge in [0.2, 0.25) is 5.89 Å². The smallest absolute Gasteiger partial charge is 0.227 e. The van der Waals surface area contributed by atoms with E-state index in [2.05, 4.69) is 126 Å². The van der Waals surface area contributed by atoms with Crippen LogP contribution in [0.15, 0.2) is 179 Å². The lowest BCUT2D eigenvalue weighted by molar-refractivity contribution is 0.619. The van der Waals surface area contributed by atoms with E-state index in [9.17, 15) is 0 Å². The Labute approximate surface area is 271 Å². The minimum atomic E-state index is 0.593. The van der Waals surface area contributed by atoms with E-state index in [0.29, 0.717) is 5.89 Å². The van der Waals surface area contributed by atoms with E-state index in [4.69, 9.17) is 13.8 Å². The molecule has 222 valence electrons. The van der Waals surface area contributed by atoms with Crippen molar-refractivity contribution < 1.29 is 8.83 Å². The predicted octanol–water partition coefficient (Wildman–Crippen LogP) is 12.2. The lowest BCUT2D eigenvalue weighted by atomic mass is 9.96. The lowest BCUT2D eigenvalue weighted by Gasteiger charge is -2.28. The number of para-hydroxylation sites is 2. The molecule has 0 atom stereocenters. The third-order valence-electron chi connectivity index (χ3n) is 8.70. The summed E-state index contributed by atoms with van der Waals surface area (Å²) in [5, 5.41) is 1.93. The topological polar surface area (TPSA) is 42.4 Å². The minimum absolute atomic E-state index is 0.593. The molecule has 0 radical (unpaired) electrons. The van der Waals surface area contributed by atoms with Crippen LogP contribution in [0.4, 0.5) is 17.1 Å². The van der Waals surface area contributed by atoms with Gasteiger partial charge in [0.15, 0.2) is 11.2 Å². The normalized spacial score (nSPS) is 11.4. The minimum Gasteiger partial charge on any atom is -0.454 e. The van der Waals surface area contributed by atoms with Gasteiger partial charge in [0.1, 0.15) is 11.1 Å². The summed E-state index contributed by atoms with van der Waals surface area (Å²) < 4.78 is 13.0. The molecule has 4 heteroatoms. The molecular formula is C43H28N2O2. The number of furan rings is 1. The SMILES string of the molecule is c1ccc(-c2ccc(N(c3ccccc3)c3cccc4c3oc3ccc5oc(-c6ccccc6)nc5c34)c(-c3ccccc3)c2)cc1. The Morgan fingerprint density at radius 3 is 1.81 bits per heavy atom. The largest absolute Gasteiger partial charge is 0.454 e. The summed E-state index contributed by atoms with van der Waals surface area (Å²) in [5.41, 5.74) is 11.6. The second kappa shape index (κ2) is 11.2. The van der Waals surface area contributed by atoms with Gasteiger partial charge < -0.3 is 13.7 Å². The molecule has 0 bridgehead atoms. The van der Waals surface area contributed by atoms with Crippen molar-refractivity contribution in [2.24, 2.45) is 0 Å². The van der Waals surface area contributed by atoms with Crippen molar-refractivity contribution in [2.75, 3.05) is 4.90 Å². The second-order valence-electron chi connectivity index (χ2n) is 11.6. The van der Waals surface area contributed by atoms with Crippen LogP contribution in [0.25, 0.3) is 66.7 Å². The first-order chi connectivity index (χ1) is 23.3. The standard InChI is InChI=1S/C43H28N2O2/c1-5-14-29(15-6-1)32-24-25-36(35(28-32)30-16-7-2-8-17-30)45(33-20-11-4-12-21-33)37-23-13-22-34-40-38(46-42(34)37)26-27-39-41(40)44-43(47-39)31-18-9-3-10-19-31/h1-28H. The number of benzene rings is 7. The molecule has 0 saturated heterocycles. The first-order valence-electron chi connectivity index (χ1n) is 15.7. The molecule has 47 heavy (non-hydrogen) atoms. The van der Waals surface area contributed by atoms with E-state index in [1.165, 1.54) is 5.56 Å². The molecule has 0 aliphatic heterocycles. The van der Waals surface area contributed by atoms with E-state index < -0.39 is 0 Å². The first-order valence-corrected chi connectivity index (χ1v) is 15.7. The van der Waals surface area contributed by atoms with Gasteiger partial charge in [0, 0.05) is 22.2 Å². The van der Waals surface area contributed by atoms with Gasteiger partial charge in [-0.25, -0.2) is 4.98 Å². The van der Waals surface area contributed by atoms with Crippen molar-refractivity contribution in [1.29, 1.82) is 0 Å². The van der Waals surface area contributed by atoms with Crippen molar-refractivity contribution in [3.8, 4) is 33.7 Å². The number of aromatic nitrogens is 1. The number of anilines is 3. The van der Waals surface area contributed by atoms with Crippen molar-refractivity contribution in [1.82, 2.24) is 4.98 Å². The number of hydrogen-bond acceptors (Lipinski definition) is 4. The van der Waals surface area contributed by atoms with Crippen LogP contribution in [0.2, 0.25) is 0 Å². The second-order valence-corrected chi connectivity index (χ2v) is 11.6. The molecule has 0 N–H and O–H groups in total. The molecule has 0 aliphatic rings. The van der Waals surface area contributed by atoms with Gasteiger partial charge >= 0.3 is 0 Å². The third kappa shape index (κ3) is 4.66. The summed E-state index contributed by atoms with van der Waals surface area (Å²) in [5.74, 6) is 0.593. The zero-order chi connectivity index (χ0) is 31.2. The van der Waals surface area contributed by atoms with Crippen LogP contribution < -0.4 is 4.90 Å². The molecule has 0 amide bonds. The molecule has 9 rings (SSSR count). The maximum atomic E-state index is 6.75. The molecule has 0 fully saturated rings. The Kier molecular flexibility index (Phi) is 6.43. The maximum Gasteiger partial charge on any atom is 0.227 e. The number of oxazole rings is 1. The van der Waals surface area contributed by atoms with E-state index in [-0.39, 0.29) is 0 Å². The molecular weight excluding hydrogens is 576 g/mol. The van der Waals surface area contributed by atoms with Crippen molar-refractivity contribution in [2.45, 2.75) is 0 Å². The van der Waals surface area contributed by atoms with Crippen LogP contribution in [-0.4, -0.2) is 4.98 Å². The number of nitrogens with zero attached hydrogens (tertiary/aromatic N) is 2. The summed E-state index contributed by atoms with van der Waals surface area (Å²) in [7, 11) is 0.